The van der Waals surface area contributed by atoms with Crippen LogP contribution in [0, 0.1) is 13.8 Å². The summed E-state index contributed by atoms with van der Waals surface area (Å²) in [5.74, 6) is 0.620. The highest BCUT2D eigenvalue weighted by Crippen LogP contribution is 2.32. The molecule has 4 nitrogen and oxygen atoms in total. The Bertz CT molecular complexity index is 767. The number of hydrogen-bond donors (Lipinski definition) is 0. The van der Waals surface area contributed by atoms with E-state index in [0.29, 0.717) is 15.9 Å². The first kappa shape index (κ1) is 18.4. The zero-order valence-corrected chi connectivity index (χ0v) is 16.4. The van der Waals surface area contributed by atoms with Gasteiger partial charge in [0.25, 0.3) is 0 Å². The Kier molecular flexibility index (Phi) is 5.82. The number of likely N-dealkylation sites (tertiary alicyclic amines) is 1. The molecule has 1 aromatic carbocycles. The van der Waals surface area contributed by atoms with Crippen LogP contribution >= 0.6 is 23.2 Å². The van der Waals surface area contributed by atoms with Gasteiger partial charge in [0.1, 0.15) is 11.8 Å². The molecule has 134 valence electrons. The average Bonchev–Trinajstić information content (AvgIpc) is 2.58. The van der Waals surface area contributed by atoms with Crippen molar-refractivity contribution in [1.29, 1.82) is 0 Å². The van der Waals surface area contributed by atoms with Crippen molar-refractivity contribution in [2.75, 3.05) is 19.6 Å². The second kappa shape index (κ2) is 7.90. The van der Waals surface area contributed by atoms with Gasteiger partial charge in [-0.15, -0.1) is 0 Å². The summed E-state index contributed by atoms with van der Waals surface area (Å²) in [7, 11) is 0. The van der Waals surface area contributed by atoms with E-state index in [2.05, 4.69) is 16.8 Å². The molecule has 0 bridgehead atoms. The van der Waals surface area contributed by atoms with Gasteiger partial charge in [-0.05, 0) is 58.0 Å². The zero-order chi connectivity index (χ0) is 18.0. The van der Waals surface area contributed by atoms with Gasteiger partial charge in [0.05, 0.1) is 16.4 Å². The summed E-state index contributed by atoms with van der Waals surface area (Å²) in [6.45, 7) is 9.18. The van der Waals surface area contributed by atoms with Gasteiger partial charge in [-0.1, -0.05) is 30.1 Å². The molecule has 0 amide bonds. The lowest BCUT2D eigenvalue weighted by atomic mass is 10.1. The number of benzene rings is 1. The first-order valence-electron chi connectivity index (χ1n) is 8.67. The molecule has 1 aromatic heterocycles. The molecule has 1 fully saturated rings. The van der Waals surface area contributed by atoms with Crippen LogP contribution in [0.4, 0.5) is 0 Å². The second-order valence-electron chi connectivity index (χ2n) is 6.45. The van der Waals surface area contributed by atoms with E-state index in [4.69, 9.17) is 32.9 Å². The molecule has 1 aliphatic heterocycles. The molecule has 0 spiro atoms. The molecule has 2 heterocycles. The summed E-state index contributed by atoms with van der Waals surface area (Å²) in [5, 5.41) is 1.18. The minimum absolute atomic E-state index is 0.172. The smallest absolute Gasteiger partial charge is 0.235 e. The molecule has 1 atom stereocenters. The van der Waals surface area contributed by atoms with Crippen LogP contribution in [0.1, 0.15) is 31.2 Å². The Morgan fingerprint density at radius 3 is 2.72 bits per heavy atom. The van der Waals surface area contributed by atoms with E-state index in [9.17, 15) is 0 Å². The number of halogens is 2. The van der Waals surface area contributed by atoms with Crippen molar-refractivity contribution < 1.29 is 4.74 Å². The summed E-state index contributed by atoms with van der Waals surface area (Å²) >= 11 is 12.3. The molecule has 1 aliphatic rings. The predicted octanol–water partition coefficient (Wildman–Crippen LogP) is 4.93. The molecule has 0 N–H and O–H groups in total. The van der Waals surface area contributed by atoms with Crippen molar-refractivity contribution in [2.24, 2.45) is 0 Å². The van der Waals surface area contributed by atoms with Crippen molar-refractivity contribution >= 4 is 23.2 Å². The Labute approximate surface area is 159 Å². The third-order valence-corrected chi connectivity index (χ3v) is 5.12. The minimum atomic E-state index is 0.172. The van der Waals surface area contributed by atoms with Gasteiger partial charge in [0.15, 0.2) is 0 Å². The number of piperidine rings is 1. The van der Waals surface area contributed by atoms with E-state index in [0.717, 1.165) is 55.1 Å². The normalized spacial score (nSPS) is 18.4. The number of hydrogen-bond acceptors (Lipinski definition) is 4. The van der Waals surface area contributed by atoms with E-state index in [1.165, 1.54) is 0 Å². The maximum absolute atomic E-state index is 6.33. The van der Waals surface area contributed by atoms with Gasteiger partial charge in [-0.3, -0.25) is 4.90 Å². The highest BCUT2D eigenvalue weighted by molar-refractivity contribution is 6.36. The molecule has 0 saturated carbocycles. The summed E-state index contributed by atoms with van der Waals surface area (Å²) in [4.78, 5) is 11.8. The molecule has 3 rings (SSSR count). The van der Waals surface area contributed by atoms with Crippen molar-refractivity contribution in [2.45, 2.75) is 39.7 Å². The summed E-state index contributed by atoms with van der Waals surface area (Å²) in [6.07, 6.45) is 2.38. The van der Waals surface area contributed by atoms with Crippen LogP contribution in [-0.2, 0) is 0 Å². The highest BCUT2D eigenvalue weighted by atomic mass is 35.5. The monoisotopic (exact) mass is 379 g/mol. The molecule has 2 aromatic rings. The number of nitrogens with zero attached hydrogens (tertiary/aromatic N) is 3. The van der Waals surface area contributed by atoms with Gasteiger partial charge >= 0.3 is 0 Å². The quantitative estimate of drug-likeness (QED) is 0.754. The Balaban J connectivity index is 1.85. The van der Waals surface area contributed by atoms with E-state index >= 15 is 0 Å². The Morgan fingerprint density at radius 1 is 1.20 bits per heavy atom. The minimum Gasteiger partial charge on any atom is -0.472 e. The molecular formula is C19H23Cl2N3O. The third kappa shape index (κ3) is 4.25. The lowest BCUT2D eigenvalue weighted by Gasteiger charge is -2.31. The van der Waals surface area contributed by atoms with E-state index in [1.807, 2.05) is 26.0 Å². The number of rotatable bonds is 4. The predicted molar refractivity (Wildman–Crippen MR) is 103 cm³/mol. The van der Waals surface area contributed by atoms with Crippen LogP contribution in [0.25, 0.3) is 11.3 Å². The molecule has 1 saturated heterocycles. The third-order valence-electron chi connectivity index (χ3n) is 4.58. The molecule has 25 heavy (non-hydrogen) atoms. The molecular weight excluding hydrogens is 357 g/mol. The van der Waals surface area contributed by atoms with Gasteiger partial charge < -0.3 is 4.74 Å². The van der Waals surface area contributed by atoms with Crippen LogP contribution in [0.5, 0.6) is 5.88 Å². The summed E-state index contributed by atoms with van der Waals surface area (Å²) < 4.78 is 6.17. The summed E-state index contributed by atoms with van der Waals surface area (Å²) in [5.41, 5.74) is 3.18. The second-order valence-corrected chi connectivity index (χ2v) is 7.29. The molecule has 1 unspecified atom stereocenters. The lowest BCUT2D eigenvalue weighted by molar-refractivity contribution is 0.0871. The SMILES string of the molecule is CCN1CCCC(Oc2nc(C)c(-c3ccc(Cl)cc3Cl)nc2C)C1. The van der Waals surface area contributed by atoms with Crippen LogP contribution in [0.2, 0.25) is 10.0 Å². The van der Waals surface area contributed by atoms with Crippen LogP contribution in [-0.4, -0.2) is 40.6 Å². The first-order valence-corrected chi connectivity index (χ1v) is 9.43. The average molecular weight is 380 g/mol. The van der Waals surface area contributed by atoms with E-state index < -0.39 is 0 Å². The zero-order valence-electron chi connectivity index (χ0n) is 14.9. The van der Waals surface area contributed by atoms with E-state index in [1.54, 1.807) is 6.07 Å². The standard InChI is InChI=1S/C19H23Cl2N3O/c1-4-24-9-5-6-15(11-24)25-19-13(3)22-18(12(2)23-19)16-8-7-14(20)10-17(16)21/h7-8,10,15H,4-6,9,11H2,1-3H3. The van der Waals surface area contributed by atoms with Crippen LogP contribution in [0.15, 0.2) is 18.2 Å². The maximum Gasteiger partial charge on any atom is 0.235 e. The molecule has 6 heteroatoms. The van der Waals surface area contributed by atoms with Gasteiger partial charge in [-0.2, -0.15) is 0 Å². The van der Waals surface area contributed by atoms with Crippen molar-refractivity contribution in [1.82, 2.24) is 14.9 Å². The maximum atomic E-state index is 6.33. The van der Waals surface area contributed by atoms with Gasteiger partial charge in [0, 0.05) is 17.1 Å². The fourth-order valence-corrected chi connectivity index (χ4v) is 3.68. The largest absolute Gasteiger partial charge is 0.472 e. The Morgan fingerprint density at radius 2 is 2.00 bits per heavy atom. The molecule has 0 aliphatic carbocycles. The lowest BCUT2D eigenvalue weighted by Crippen LogP contribution is -2.41. The first-order chi connectivity index (χ1) is 12.0. The number of likely N-dealkylation sites (N-methyl/N-ethyl adjacent to an activating group) is 1. The topological polar surface area (TPSA) is 38.2 Å². The van der Waals surface area contributed by atoms with Crippen LogP contribution < -0.4 is 4.74 Å². The number of aryl methyl sites for hydroxylation is 2. The van der Waals surface area contributed by atoms with Crippen LogP contribution in [0.3, 0.4) is 0 Å². The summed E-state index contributed by atoms with van der Waals surface area (Å²) in [6, 6.07) is 5.41. The number of ether oxygens (including phenoxy) is 1. The molecule has 0 radical (unpaired) electrons. The number of aromatic nitrogens is 2. The van der Waals surface area contributed by atoms with Gasteiger partial charge in [-0.25, -0.2) is 9.97 Å². The Hall–Kier alpha value is -1.36. The van der Waals surface area contributed by atoms with Gasteiger partial charge in [0.2, 0.25) is 5.88 Å². The highest BCUT2D eigenvalue weighted by Gasteiger charge is 2.22. The van der Waals surface area contributed by atoms with Crippen molar-refractivity contribution in [3.63, 3.8) is 0 Å². The fourth-order valence-electron chi connectivity index (χ4n) is 3.19. The van der Waals surface area contributed by atoms with Crippen molar-refractivity contribution in [3.05, 3.63) is 39.6 Å². The van der Waals surface area contributed by atoms with Crippen molar-refractivity contribution in [3.8, 4) is 17.1 Å². The van der Waals surface area contributed by atoms with E-state index in [-0.39, 0.29) is 6.10 Å². The fraction of sp³-hybridized carbons (Fsp3) is 0.474.